The van der Waals surface area contributed by atoms with Gasteiger partial charge >= 0.3 is 0 Å². The van der Waals surface area contributed by atoms with Crippen molar-refractivity contribution in [2.24, 2.45) is 0 Å². The molecule has 4 nitrogen and oxygen atoms in total. The zero-order valence-corrected chi connectivity index (χ0v) is 16.2. The van der Waals surface area contributed by atoms with Crippen LogP contribution in [0.3, 0.4) is 0 Å². The first-order valence-electron chi connectivity index (χ1n) is 9.97. The molecule has 1 N–H and O–H groups in total. The quantitative estimate of drug-likeness (QED) is 0.764. The van der Waals surface area contributed by atoms with Crippen molar-refractivity contribution in [3.05, 3.63) is 65.7 Å². The van der Waals surface area contributed by atoms with Crippen LogP contribution in [0.4, 0.5) is 0 Å². The lowest BCUT2D eigenvalue weighted by Gasteiger charge is -2.35. The highest BCUT2D eigenvalue weighted by molar-refractivity contribution is 5.76. The highest BCUT2D eigenvalue weighted by Gasteiger charge is 2.22. The lowest BCUT2D eigenvalue weighted by molar-refractivity contribution is -0.121. The van der Waals surface area contributed by atoms with Gasteiger partial charge in [0.25, 0.3) is 0 Å². The normalized spacial score (nSPS) is 15.9. The number of amides is 1. The Labute approximate surface area is 162 Å². The zero-order valence-electron chi connectivity index (χ0n) is 16.2. The van der Waals surface area contributed by atoms with Crippen LogP contribution in [-0.2, 0) is 4.79 Å². The van der Waals surface area contributed by atoms with Gasteiger partial charge in [0.05, 0.1) is 19.1 Å². The molecule has 1 atom stereocenters. The summed E-state index contributed by atoms with van der Waals surface area (Å²) in [4.78, 5) is 14.8. The predicted molar refractivity (Wildman–Crippen MR) is 109 cm³/mol. The lowest BCUT2D eigenvalue weighted by atomic mass is 10.0. The number of likely N-dealkylation sites (tertiary alicyclic amines) is 1. The first-order chi connectivity index (χ1) is 13.2. The molecule has 4 heteroatoms. The van der Waals surface area contributed by atoms with Crippen LogP contribution in [0.1, 0.15) is 42.9 Å². The minimum absolute atomic E-state index is 0.0417. The van der Waals surface area contributed by atoms with Crippen molar-refractivity contribution in [3.63, 3.8) is 0 Å². The fourth-order valence-corrected chi connectivity index (χ4v) is 3.55. The summed E-state index contributed by atoms with van der Waals surface area (Å²) in [6.07, 6.45) is 4.15. The summed E-state index contributed by atoms with van der Waals surface area (Å²) in [7, 11) is 0. The summed E-state index contributed by atoms with van der Waals surface area (Å²) in [5, 5.41) is 3.12. The molecule has 1 heterocycles. The fourth-order valence-electron chi connectivity index (χ4n) is 3.55. The van der Waals surface area contributed by atoms with Crippen molar-refractivity contribution in [1.29, 1.82) is 0 Å². The van der Waals surface area contributed by atoms with Gasteiger partial charge in [-0.1, -0.05) is 54.4 Å². The molecule has 144 valence electrons. The van der Waals surface area contributed by atoms with E-state index in [1.165, 1.54) is 30.4 Å². The number of carbonyl (C=O) groups excluding carboxylic acids is 1. The number of carbonyl (C=O) groups is 1. The van der Waals surface area contributed by atoms with Crippen LogP contribution in [0.5, 0.6) is 5.75 Å². The molecule has 27 heavy (non-hydrogen) atoms. The van der Waals surface area contributed by atoms with E-state index in [9.17, 15) is 4.79 Å². The highest BCUT2D eigenvalue weighted by Crippen LogP contribution is 2.24. The minimum Gasteiger partial charge on any atom is -0.493 e. The maximum atomic E-state index is 12.3. The molecular weight excluding hydrogens is 336 g/mol. The highest BCUT2D eigenvalue weighted by atomic mass is 16.5. The van der Waals surface area contributed by atoms with Gasteiger partial charge in [0.15, 0.2) is 0 Å². The molecule has 0 saturated carbocycles. The molecule has 1 saturated heterocycles. The van der Waals surface area contributed by atoms with Crippen molar-refractivity contribution in [2.45, 2.75) is 38.6 Å². The van der Waals surface area contributed by atoms with Gasteiger partial charge in [-0.3, -0.25) is 9.69 Å². The first-order valence-corrected chi connectivity index (χ1v) is 9.97. The molecule has 0 aromatic heterocycles. The van der Waals surface area contributed by atoms with Crippen molar-refractivity contribution < 1.29 is 9.53 Å². The van der Waals surface area contributed by atoms with Gasteiger partial charge in [-0.05, 0) is 50.6 Å². The number of hydrogen-bond acceptors (Lipinski definition) is 3. The van der Waals surface area contributed by atoms with E-state index in [0.717, 1.165) is 18.8 Å². The van der Waals surface area contributed by atoms with Crippen molar-refractivity contribution in [3.8, 4) is 5.75 Å². The van der Waals surface area contributed by atoms with Crippen LogP contribution in [-0.4, -0.2) is 37.0 Å². The van der Waals surface area contributed by atoms with Gasteiger partial charge < -0.3 is 10.1 Å². The molecule has 2 aromatic rings. The Morgan fingerprint density at radius 3 is 2.44 bits per heavy atom. The average Bonchev–Trinajstić information content (AvgIpc) is 2.71. The Morgan fingerprint density at radius 1 is 1.04 bits per heavy atom. The molecule has 0 spiro atoms. The molecule has 1 aliphatic rings. The molecule has 2 aromatic carbocycles. The standard InChI is InChI=1S/C23H30N2O2/c1-19-10-12-20(13-11-19)22(25-15-6-3-7-16-25)18-24-23(26)14-17-27-21-8-4-2-5-9-21/h2,4-5,8-13,22H,3,6-7,14-18H2,1H3,(H,24,26). The molecule has 1 aliphatic heterocycles. The van der Waals surface area contributed by atoms with Crippen LogP contribution < -0.4 is 10.1 Å². The molecular formula is C23H30N2O2. The van der Waals surface area contributed by atoms with Crippen molar-refractivity contribution in [1.82, 2.24) is 10.2 Å². The van der Waals surface area contributed by atoms with Gasteiger partial charge in [-0.2, -0.15) is 0 Å². The Kier molecular flexibility index (Phi) is 7.28. The summed E-state index contributed by atoms with van der Waals surface area (Å²) in [6.45, 7) is 5.35. The molecule has 3 rings (SSSR count). The summed E-state index contributed by atoms with van der Waals surface area (Å²) in [6, 6.07) is 18.6. The largest absolute Gasteiger partial charge is 0.493 e. The molecule has 1 amide bonds. The predicted octanol–water partition coefficient (Wildman–Crippen LogP) is 4.11. The molecule has 0 bridgehead atoms. The van der Waals surface area contributed by atoms with Crippen LogP contribution in [0, 0.1) is 6.92 Å². The molecule has 0 aliphatic carbocycles. The summed E-state index contributed by atoms with van der Waals surface area (Å²) >= 11 is 0. The Hall–Kier alpha value is -2.33. The van der Waals surface area contributed by atoms with E-state index in [1.54, 1.807) is 0 Å². The Balaban J connectivity index is 1.52. The van der Waals surface area contributed by atoms with Crippen molar-refractivity contribution in [2.75, 3.05) is 26.2 Å². The number of nitrogens with zero attached hydrogens (tertiary/aromatic N) is 1. The number of para-hydroxylation sites is 1. The van der Waals surface area contributed by atoms with Gasteiger partial charge in [0, 0.05) is 6.54 Å². The third-order valence-electron chi connectivity index (χ3n) is 5.13. The number of nitrogens with one attached hydrogen (secondary N) is 1. The zero-order chi connectivity index (χ0) is 18.9. The van der Waals surface area contributed by atoms with Crippen molar-refractivity contribution >= 4 is 5.91 Å². The van der Waals surface area contributed by atoms with E-state index < -0.39 is 0 Å². The van der Waals surface area contributed by atoms with Gasteiger partial charge in [0.1, 0.15) is 5.75 Å². The molecule has 1 unspecified atom stereocenters. The van der Waals surface area contributed by atoms with E-state index in [-0.39, 0.29) is 11.9 Å². The van der Waals surface area contributed by atoms with Gasteiger partial charge in [-0.25, -0.2) is 0 Å². The lowest BCUT2D eigenvalue weighted by Crippen LogP contribution is -2.40. The molecule has 0 radical (unpaired) electrons. The second-order valence-electron chi connectivity index (χ2n) is 7.24. The number of aryl methyl sites for hydroxylation is 1. The smallest absolute Gasteiger partial charge is 0.223 e. The summed E-state index contributed by atoms with van der Waals surface area (Å²) in [5.74, 6) is 0.844. The topological polar surface area (TPSA) is 41.6 Å². The van der Waals surface area contributed by atoms with E-state index in [4.69, 9.17) is 4.74 Å². The Bertz CT molecular complexity index is 694. The van der Waals surface area contributed by atoms with Gasteiger partial charge in [-0.15, -0.1) is 0 Å². The summed E-state index contributed by atoms with van der Waals surface area (Å²) < 4.78 is 5.63. The monoisotopic (exact) mass is 366 g/mol. The first kappa shape index (κ1) is 19.4. The van der Waals surface area contributed by atoms with Crippen LogP contribution in [0.25, 0.3) is 0 Å². The number of rotatable bonds is 8. The molecule has 1 fully saturated rings. The second kappa shape index (κ2) is 10.1. The van der Waals surface area contributed by atoms with E-state index in [0.29, 0.717) is 19.6 Å². The Morgan fingerprint density at radius 2 is 1.74 bits per heavy atom. The van der Waals surface area contributed by atoms with Gasteiger partial charge in [0.2, 0.25) is 5.91 Å². The maximum Gasteiger partial charge on any atom is 0.223 e. The number of ether oxygens (including phenoxy) is 1. The van der Waals surface area contributed by atoms with E-state index in [1.807, 2.05) is 30.3 Å². The minimum atomic E-state index is 0.0417. The number of benzene rings is 2. The van der Waals surface area contributed by atoms with Crippen LogP contribution in [0.15, 0.2) is 54.6 Å². The third kappa shape index (κ3) is 6.10. The second-order valence-corrected chi connectivity index (χ2v) is 7.24. The number of piperidine rings is 1. The number of hydrogen-bond donors (Lipinski definition) is 1. The average molecular weight is 367 g/mol. The van der Waals surface area contributed by atoms with Crippen LogP contribution in [0.2, 0.25) is 0 Å². The van der Waals surface area contributed by atoms with E-state index in [2.05, 4.69) is 41.4 Å². The fraction of sp³-hybridized carbons (Fsp3) is 0.435. The SMILES string of the molecule is Cc1ccc(C(CNC(=O)CCOc2ccccc2)N2CCCCC2)cc1. The van der Waals surface area contributed by atoms with Crippen LogP contribution >= 0.6 is 0 Å². The van der Waals surface area contributed by atoms with E-state index >= 15 is 0 Å². The summed E-state index contributed by atoms with van der Waals surface area (Å²) in [5.41, 5.74) is 2.54. The third-order valence-corrected chi connectivity index (χ3v) is 5.13. The maximum absolute atomic E-state index is 12.3.